The maximum absolute atomic E-state index is 13.2. The number of hydrogen-bond acceptors (Lipinski definition) is 16. The predicted molar refractivity (Wildman–Crippen MR) is 205 cm³/mol. The van der Waals surface area contributed by atoms with Gasteiger partial charge in [-0.2, -0.15) is 0 Å². The van der Waals surface area contributed by atoms with E-state index in [-0.39, 0.29) is 25.7 Å². The molecule has 3 aliphatic heterocycles. The number of ether oxygens (including phenoxy) is 8. The average Bonchev–Trinajstić information content (AvgIpc) is 3.10. The largest absolute Gasteiger partial charge is 0.462 e. The van der Waals surface area contributed by atoms with Crippen LogP contribution in [0.4, 0.5) is 0 Å². The first-order valence-corrected chi connectivity index (χ1v) is 20.1. The van der Waals surface area contributed by atoms with Gasteiger partial charge in [-0.15, -0.1) is 0 Å². The van der Waals surface area contributed by atoms with Gasteiger partial charge in [-0.25, -0.2) is 0 Å². The molecular formula is C41H67NO15. The summed E-state index contributed by atoms with van der Waals surface area (Å²) in [6.07, 6.45) is -3.45. The number of methoxy groups -OCH3 is 1. The van der Waals surface area contributed by atoms with Crippen molar-refractivity contribution in [1.29, 1.82) is 0 Å². The highest BCUT2D eigenvalue weighted by molar-refractivity contribution is 5.72. The Kier molecular flexibility index (Phi) is 19.2. The zero-order chi connectivity index (χ0) is 42.6. The van der Waals surface area contributed by atoms with Gasteiger partial charge in [0.05, 0.1) is 36.9 Å². The van der Waals surface area contributed by atoms with Gasteiger partial charge >= 0.3 is 17.9 Å². The Labute approximate surface area is 337 Å². The monoisotopic (exact) mass is 813 g/mol. The summed E-state index contributed by atoms with van der Waals surface area (Å²) in [5.41, 5.74) is -1.49. The molecule has 0 aromatic rings. The molecule has 0 amide bonds. The van der Waals surface area contributed by atoms with Crippen LogP contribution in [0.15, 0.2) is 24.3 Å². The molecule has 0 spiro atoms. The highest BCUT2D eigenvalue weighted by Crippen LogP contribution is 2.37. The molecule has 326 valence electrons. The lowest BCUT2D eigenvalue weighted by atomic mass is 9.82. The standard InChI is InChI=1S/C41H67NO15/c1-11-15-31(46)55-39-26(5)52-33(22-41(39,7)49)56-36-25(4)53-40(35(48)34(36)42(8)9)57-37-28(18-19-43)20-23(2)29(45)17-14-12-13-16-24(3)51-32(47)21-30(38(37)50-10)54-27(6)44/h12-14,17,19,23-26,28-30,33-40,45,48-49H,11,15-16,18,20-22H2,1-10H3/b13-12+,17-14+/t23-,24-,25-,26+,28-,29+,30-,33+,34+,35+,36+,37+,38-,39-,40+,41+/m0/s1. The van der Waals surface area contributed by atoms with Gasteiger partial charge < -0.3 is 62.9 Å². The summed E-state index contributed by atoms with van der Waals surface area (Å²) in [5.74, 6) is -2.88. The van der Waals surface area contributed by atoms with Gasteiger partial charge in [0.1, 0.15) is 42.4 Å². The molecule has 3 N–H and O–H groups in total. The fraction of sp³-hybridized carbons (Fsp3) is 0.805. The lowest BCUT2D eigenvalue weighted by Gasteiger charge is -2.50. The Morgan fingerprint density at radius 2 is 1.72 bits per heavy atom. The van der Waals surface area contributed by atoms with Crippen LogP contribution >= 0.6 is 0 Å². The SMILES string of the molecule is CCCC(=O)O[C@H]1[C@@H](C)O[C@H](O[C@H]2[C@H](N(C)C)[C@@H](O)[C@@H](O[C@@H]3[C@@H](CC=O)C[C@H](C)[C@H](O)/C=C/C=C/C[C@H](C)OC(=O)C[C@H](OC(C)=O)[C@@H]3OC)O[C@H]2C)C[C@@]1(C)O. The Balaban J connectivity index is 1.99. The fourth-order valence-corrected chi connectivity index (χ4v) is 7.96. The van der Waals surface area contributed by atoms with E-state index in [4.69, 9.17) is 37.9 Å². The van der Waals surface area contributed by atoms with E-state index in [2.05, 4.69) is 0 Å². The van der Waals surface area contributed by atoms with Gasteiger partial charge in [-0.3, -0.25) is 14.4 Å². The van der Waals surface area contributed by atoms with E-state index in [1.54, 1.807) is 71.0 Å². The van der Waals surface area contributed by atoms with E-state index >= 15 is 0 Å². The van der Waals surface area contributed by atoms with Gasteiger partial charge in [0.25, 0.3) is 0 Å². The summed E-state index contributed by atoms with van der Waals surface area (Å²) in [7, 11) is 4.85. The average molecular weight is 814 g/mol. The number of likely N-dealkylation sites (N-methyl/N-ethyl adjacent to an activating group) is 1. The summed E-state index contributed by atoms with van der Waals surface area (Å²) in [6, 6.07) is -0.779. The minimum Gasteiger partial charge on any atom is -0.462 e. The van der Waals surface area contributed by atoms with E-state index in [1.807, 2.05) is 13.8 Å². The van der Waals surface area contributed by atoms with Gasteiger partial charge in [-0.05, 0) is 66.5 Å². The third kappa shape index (κ3) is 13.9. The van der Waals surface area contributed by atoms with Crippen molar-refractivity contribution in [3.05, 3.63) is 24.3 Å². The maximum atomic E-state index is 13.2. The van der Waals surface area contributed by atoms with E-state index in [9.17, 15) is 34.5 Å². The number of nitrogens with zero attached hydrogens (tertiary/aromatic N) is 1. The number of carbonyl (C=O) groups excluding carboxylic acids is 4. The van der Waals surface area contributed by atoms with Crippen LogP contribution in [0.1, 0.15) is 93.4 Å². The van der Waals surface area contributed by atoms with E-state index in [0.29, 0.717) is 19.1 Å². The van der Waals surface area contributed by atoms with Gasteiger partial charge in [0, 0.05) is 39.7 Å². The summed E-state index contributed by atoms with van der Waals surface area (Å²) in [5, 5.41) is 34.5. The quantitative estimate of drug-likeness (QED) is 0.147. The highest BCUT2D eigenvalue weighted by Gasteiger charge is 2.53. The Morgan fingerprint density at radius 1 is 1.02 bits per heavy atom. The van der Waals surface area contributed by atoms with Crippen LogP contribution < -0.4 is 0 Å². The molecule has 16 nitrogen and oxygen atoms in total. The number of allylic oxidation sites excluding steroid dienone is 2. The lowest BCUT2D eigenvalue weighted by Crippen LogP contribution is -2.66. The smallest absolute Gasteiger partial charge is 0.309 e. The Hall–Kier alpha value is -2.80. The molecule has 0 unspecified atom stereocenters. The fourth-order valence-electron chi connectivity index (χ4n) is 7.96. The zero-order valence-electron chi connectivity index (χ0n) is 35.2. The van der Waals surface area contributed by atoms with Crippen LogP contribution in [-0.2, 0) is 57.1 Å². The molecule has 2 fully saturated rings. The van der Waals surface area contributed by atoms with Crippen molar-refractivity contribution < 1.29 is 72.4 Å². The number of hydrogen-bond donors (Lipinski definition) is 3. The van der Waals surface area contributed by atoms with Crippen molar-refractivity contribution in [2.45, 2.75) is 179 Å². The number of cyclic esters (lactones) is 1. The minimum absolute atomic E-state index is 0.0416. The first-order chi connectivity index (χ1) is 26.8. The van der Waals surface area contributed by atoms with Crippen LogP contribution in [0.5, 0.6) is 0 Å². The normalized spacial score (nSPS) is 41.1. The molecule has 0 radical (unpaired) electrons. The number of aldehydes is 1. The number of aliphatic hydroxyl groups is 3. The van der Waals surface area contributed by atoms with Crippen molar-refractivity contribution in [2.75, 3.05) is 21.2 Å². The van der Waals surface area contributed by atoms with Crippen molar-refractivity contribution >= 4 is 24.2 Å². The topological polar surface area (TPSA) is 206 Å². The van der Waals surface area contributed by atoms with Crippen LogP contribution in [0.25, 0.3) is 0 Å². The first kappa shape index (κ1) is 48.6. The first-order valence-electron chi connectivity index (χ1n) is 20.1. The molecule has 0 aromatic carbocycles. The molecule has 3 aliphatic rings. The summed E-state index contributed by atoms with van der Waals surface area (Å²) in [4.78, 5) is 52.0. The second kappa shape index (κ2) is 22.5. The molecule has 2 saturated heterocycles. The second-order valence-corrected chi connectivity index (χ2v) is 16.1. The summed E-state index contributed by atoms with van der Waals surface area (Å²) < 4.78 is 48.4. The number of carbonyl (C=O) groups is 4. The summed E-state index contributed by atoms with van der Waals surface area (Å²) >= 11 is 0. The van der Waals surface area contributed by atoms with E-state index in [0.717, 1.165) is 0 Å². The predicted octanol–water partition coefficient (Wildman–Crippen LogP) is 2.77. The molecule has 3 heterocycles. The van der Waals surface area contributed by atoms with Crippen LogP contribution in [0, 0.1) is 11.8 Å². The third-order valence-electron chi connectivity index (χ3n) is 10.8. The summed E-state index contributed by atoms with van der Waals surface area (Å²) in [6.45, 7) is 11.6. The van der Waals surface area contributed by atoms with Crippen molar-refractivity contribution in [2.24, 2.45) is 11.8 Å². The van der Waals surface area contributed by atoms with E-state index < -0.39 is 121 Å². The van der Waals surface area contributed by atoms with Gasteiger partial charge in [0.15, 0.2) is 18.7 Å². The number of rotatable bonds is 12. The number of aliphatic hydroxyl groups excluding tert-OH is 2. The second-order valence-electron chi connectivity index (χ2n) is 16.1. The highest BCUT2D eigenvalue weighted by atomic mass is 16.7. The molecule has 57 heavy (non-hydrogen) atoms. The molecule has 16 heteroatoms. The van der Waals surface area contributed by atoms with Crippen molar-refractivity contribution in [3.63, 3.8) is 0 Å². The molecule has 0 saturated carbocycles. The van der Waals surface area contributed by atoms with Crippen molar-refractivity contribution in [3.8, 4) is 0 Å². The number of esters is 3. The van der Waals surface area contributed by atoms with Crippen molar-refractivity contribution in [1.82, 2.24) is 4.90 Å². The zero-order valence-corrected chi connectivity index (χ0v) is 35.2. The molecule has 0 aliphatic carbocycles. The molecule has 0 bridgehead atoms. The molecule has 0 aromatic heterocycles. The Morgan fingerprint density at radius 3 is 2.32 bits per heavy atom. The van der Waals surface area contributed by atoms with Crippen LogP contribution in [0.2, 0.25) is 0 Å². The molecule has 3 rings (SSSR count). The molecule has 16 atom stereocenters. The van der Waals surface area contributed by atoms with Gasteiger partial charge in [-0.1, -0.05) is 38.2 Å². The Bertz CT molecular complexity index is 1350. The van der Waals surface area contributed by atoms with E-state index in [1.165, 1.54) is 14.0 Å². The lowest BCUT2D eigenvalue weighted by molar-refractivity contribution is -0.344. The minimum atomic E-state index is -1.49. The van der Waals surface area contributed by atoms with Gasteiger partial charge in [0.2, 0.25) is 0 Å². The third-order valence-corrected chi connectivity index (χ3v) is 10.8. The van der Waals surface area contributed by atoms with Crippen LogP contribution in [-0.4, -0.2) is 151 Å². The maximum Gasteiger partial charge on any atom is 0.309 e. The molecular weight excluding hydrogens is 746 g/mol. The van der Waals surface area contributed by atoms with Crippen LogP contribution in [0.3, 0.4) is 0 Å².